The second-order valence-electron chi connectivity index (χ2n) is 7.17. The molecule has 1 amide bonds. The molecule has 3 aromatic rings. The Morgan fingerprint density at radius 1 is 0.893 bits per heavy atom. The van der Waals surface area contributed by atoms with Gasteiger partial charge in [-0.15, -0.1) is 0 Å². The van der Waals surface area contributed by atoms with Gasteiger partial charge in [0, 0.05) is 19.1 Å². The molecule has 0 unspecified atom stereocenters. The van der Waals surface area contributed by atoms with Crippen LogP contribution in [-0.2, 0) is 19.6 Å². The summed E-state index contributed by atoms with van der Waals surface area (Å²) >= 11 is 0. The first-order valence-electron chi connectivity index (χ1n) is 9.84. The van der Waals surface area contributed by atoms with Gasteiger partial charge in [0.15, 0.2) is 5.76 Å². The van der Waals surface area contributed by atoms with Crippen LogP contribution in [0.1, 0.15) is 47.7 Å². The van der Waals surface area contributed by atoms with Gasteiger partial charge in [-0.1, -0.05) is 67.6 Å². The zero-order chi connectivity index (χ0) is 19.8. The molecular weight excluding hydrogens is 348 g/mol. The molecule has 146 valence electrons. The number of nitrogens with one attached hydrogen (secondary N) is 1. The summed E-state index contributed by atoms with van der Waals surface area (Å²) < 4.78 is 5.84. The number of hydrogen-bond donors (Lipinski definition) is 1. The van der Waals surface area contributed by atoms with Crippen LogP contribution in [0.15, 0.2) is 77.2 Å². The highest BCUT2D eigenvalue weighted by molar-refractivity contribution is 5.91. The molecule has 3 rings (SSSR count). The standard InChI is InChI=1S/C24H28N2O2/c1-3-19(2)25-24(27)23-15-14-22(28-23)18-26(16-20-10-6-4-7-11-20)17-21-12-8-5-9-13-21/h4-15,19H,3,16-18H2,1-2H3,(H,25,27)/t19-/m1/s1. The zero-order valence-electron chi connectivity index (χ0n) is 16.6. The minimum Gasteiger partial charge on any atom is -0.455 e. The lowest BCUT2D eigenvalue weighted by atomic mass is 10.1. The highest BCUT2D eigenvalue weighted by Gasteiger charge is 2.15. The lowest BCUT2D eigenvalue weighted by Gasteiger charge is -2.21. The number of nitrogens with zero attached hydrogens (tertiary/aromatic N) is 1. The van der Waals surface area contributed by atoms with Crippen molar-refractivity contribution in [3.05, 3.63) is 95.4 Å². The van der Waals surface area contributed by atoms with Crippen molar-refractivity contribution >= 4 is 5.91 Å². The predicted molar refractivity (Wildman–Crippen MR) is 112 cm³/mol. The molecule has 0 saturated heterocycles. The average molecular weight is 377 g/mol. The molecule has 4 nitrogen and oxygen atoms in total. The van der Waals surface area contributed by atoms with Crippen LogP contribution >= 0.6 is 0 Å². The van der Waals surface area contributed by atoms with Gasteiger partial charge in [0.05, 0.1) is 6.54 Å². The van der Waals surface area contributed by atoms with Gasteiger partial charge < -0.3 is 9.73 Å². The lowest BCUT2D eigenvalue weighted by molar-refractivity contribution is 0.0906. The number of carbonyl (C=O) groups excluding carboxylic acids is 1. The summed E-state index contributed by atoms with van der Waals surface area (Å²) in [5, 5.41) is 2.95. The average Bonchev–Trinajstić information content (AvgIpc) is 3.18. The van der Waals surface area contributed by atoms with E-state index in [1.54, 1.807) is 6.07 Å². The van der Waals surface area contributed by atoms with E-state index in [0.29, 0.717) is 12.3 Å². The third-order valence-corrected chi connectivity index (χ3v) is 4.75. The van der Waals surface area contributed by atoms with Crippen LogP contribution < -0.4 is 5.32 Å². The maximum absolute atomic E-state index is 12.3. The Morgan fingerprint density at radius 3 is 2.00 bits per heavy atom. The summed E-state index contributed by atoms with van der Waals surface area (Å²) in [6, 6.07) is 24.6. The molecule has 0 bridgehead atoms. The summed E-state index contributed by atoms with van der Waals surface area (Å²) in [4.78, 5) is 14.6. The smallest absolute Gasteiger partial charge is 0.287 e. The van der Waals surface area contributed by atoms with E-state index in [0.717, 1.165) is 25.3 Å². The van der Waals surface area contributed by atoms with Crippen molar-refractivity contribution < 1.29 is 9.21 Å². The molecule has 0 aliphatic carbocycles. The van der Waals surface area contributed by atoms with Gasteiger partial charge >= 0.3 is 0 Å². The highest BCUT2D eigenvalue weighted by atomic mass is 16.4. The Kier molecular flexibility index (Phi) is 7.04. The molecule has 0 fully saturated rings. The van der Waals surface area contributed by atoms with Crippen LogP contribution in [0.4, 0.5) is 0 Å². The van der Waals surface area contributed by atoms with Gasteiger partial charge in [0.2, 0.25) is 0 Å². The number of rotatable bonds is 9. The molecule has 1 aromatic heterocycles. The van der Waals surface area contributed by atoms with E-state index in [1.807, 2.05) is 32.0 Å². The van der Waals surface area contributed by atoms with E-state index in [-0.39, 0.29) is 11.9 Å². The monoisotopic (exact) mass is 376 g/mol. The molecule has 1 N–H and O–H groups in total. The van der Waals surface area contributed by atoms with E-state index in [2.05, 4.69) is 58.7 Å². The first kappa shape index (κ1) is 19.9. The molecule has 1 atom stereocenters. The van der Waals surface area contributed by atoms with E-state index in [9.17, 15) is 4.79 Å². The molecular formula is C24H28N2O2. The Balaban J connectivity index is 1.71. The van der Waals surface area contributed by atoms with Crippen LogP contribution in [0, 0.1) is 0 Å². The van der Waals surface area contributed by atoms with E-state index < -0.39 is 0 Å². The Bertz CT molecular complexity index is 817. The first-order valence-corrected chi connectivity index (χ1v) is 9.84. The van der Waals surface area contributed by atoms with E-state index in [1.165, 1.54) is 11.1 Å². The van der Waals surface area contributed by atoms with Crippen molar-refractivity contribution in [2.45, 2.75) is 45.9 Å². The topological polar surface area (TPSA) is 45.5 Å². The summed E-state index contributed by atoms with van der Waals surface area (Å²) in [5.41, 5.74) is 2.50. The van der Waals surface area contributed by atoms with Gasteiger partial charge in [-0.3, -0.25) is 9.69 Å². The fraction of sp³-hybridized carbons (Fsp3) is 0.292. The zero-order valence-corrected chi connectivity index (χ0v) is 16.6. The van der Waals surface area contributed by atoms with Crippen molar-refractivity contribution in [3.8, 4) is 0 Å². The summed E-state index contributed by atoms with van der Waals surface area (Å²) in [6.07, 6.45) is 0.890. The van der Waals surface area contributed by atoms with Gasteiger partial charge in [0.25, 0.3) is 5.91 Å². The molecule has 1 heterocycles. The molecule has 0 spiro atoms. The van der Waals surface area contributed by atoms with Gasteiger partial charge in [-0.2, -0.15) is 0 Å². The summed E-state index contributed by atoms with van der Waals surface area (Å²) in [7, 11) is 0. The third-order valence-electron chi connectivity index (χ3n) is 4.75. The highest BCUT2D eigenvalue weighted by Crippen LogP contribution is 2.16. The Hall–Kier alpha value is -2.85. The minimum absolute atomic E-state index is 0.133. The minimum atomic E-state index is -0.154. The van der Waals surface area contributed by atoms with Crippen LogP contribution in [0.2, 0.25) is 0 Å². The van der Waals surface area contributed by atoms with Crippen molar-refractivity contribution in [1.82, 2.24) is 10.2 Å². The first-order chi connectivity index (χ1) is 13.6. The fourth-order valence-electron chi connectivity index (χ4n) is 3.05. The summed E-state index contributed by atoms with van der Waals surface area (Å²) in [5.74, 6) is 1.01. The van der Waals surface area contributed by atoms with Crippen molar-refractivity contribution in [3.63, 3.8) is 0 Å². The third kappa shape index (κ3) is 5.83. The molecule has 28 heavy (non-hydrogen) atoms. The second kappa shape index (κ2) is 9.90. The molecule has 0 aliphatic rings. The van der Waals surface area contributed by atoms with E-state index in [4.69, 9.17) is 4.42 Å². The maximum Gasteiger partial charge on any atom is 0.287 e. The maximum atomic E-state index is 12.3. The molecule has 0 aliphatic heterocycles. The molecule has 4 heteroatoms. The number of carbonyl (C=O) groups is 1. The lowest BCUT2D eigenvalue weighted by Crippen LogP contribution is -2.31. The Labute approximate surface area is 167 Å². The predicted octanol–water partition coefficient (Wildman–Crippen LogP) is 5.01. The van der Waals surface area contributed by atoms with Crippen LogP contribution in [0.3, 0.4) is 0 Å². The number of furan rings is 1. The molecule has 0 saturated carbocycles. The second-order valence-corrected chi connectivity index (χ2v) is 7.17. The summed E-state index contributed by atoms with van der Waals surface area (Å²) in [6.45, 7) is 6.29. The van der Waals surface area contributed by atoms with Gasteiger partial charge in [-0.25, -0.2) is 0 Å². The SMILES string of the molecule is CC[C@@H](C)NC(=O)c1ccc(CN(Cc2ccccc2)Cc2ccccc2)o1. The van der Waals surface area contributed by atoms with Crippen LogP contribution in [-0.4, -0.2) is 16.8 Å². The van der Waals surface area contributed by atoms with Crippen LogP contribution in [0.5, 0.6) is 0 Å². The normalized spacial score (nSPS) is 12.1. The van der Waals surface area contributed by atoms with Crippen LogP contribution in [0.25, 0.3) is 0 Å². The van der Waals surface area contributed by atoms with E-state index >= 15 is 0 Å². The number of hydrogen-bond acceptors (Lipinski definition) is 3. The van der Waals surface area contributed by atoms with Gasteiger partial charge in [0.1, 0.15) is 5.76 Å². The number of amides is 1. The molecule has 0 radical (unpaired) electrons. The van der Waals surface area contributed by atoms with Crippen molar-refractivity contribution in [1.29, 1.82) is 0 Å². The molecule has 2 aromatic carbocycles. The largest absolute Gasteiger partial charge is 0.455 e. The quantitative estimate of drug-likeness (QED) is 0.571. The fourth-order valence-corrected chi connectivity index (χ4v) is 3.05. The van der Waals surface area contributed by atoms with Crippen molar-refractivity contribution in [2.75, 3.05) is 0 Å². The van der Waals surface area contributed by atoms with Crippen molar-refractivity contribution in [2.24, 2.45) is 0 Å². The Morgan fingerprint density at radius 2 is 1.46 bits per heavy atom. The number of benzene rings is 2. The van der Waals surface area contributed by atoms with Gasteiger partial charge in [-0.05, 0) is 36.6 Å².